The van der Waals surface area contributed by atoms with Crippen LogP contribution in [0.25, 0.3) is 0 Å². The van der Waals surface area contributed by atoms with Gasteiger partial charge in [0.05, 0.1) is 11.7 Å². The maximum atomic E-state index is 12.5. The first-order chi connectivity index (χ1) is 12.3. The van der Waals surface area contributed by atoms with Gasteiger partial charge in [-0.05, 0) is 31.2 Å². The molecule has 2 N–H and O–H groups in total. The highest BCUT2D eigenvalue weighted by molar-refractivity contribution is 7.89. The predicted molar refractivity (Wildman–Crippen MR) is 98.1 cm³/mol. The second kappa shape index (κ2) is 9.14. The molecule has 1 amide bonds. The number of nitrogens with zero attached hydrogens (tertiary/aromatic N) is 1. The minimum atomic E-state index is -3.45. The van der Waals surface area contributed by atoms with E-state index in [1.54, 1.807) is 6.92 Å². The van der Waals surface area contributed by atoms with Gasteiger partial charge in [-0.25, -0.2) is 8.42 Å². The summed E-state index contributed by atoms with van der Waals surface area (Å²) in [7, 11) is -3.45. The SMILES string of the molecule is CCCS(=O)(=O)N1CCCC1C(=O)NCC(Cc1ccccc1)C(=O)O. The average Bonchev–Trinajstić information content (AvgIpc) is 3.10. The van der Waals surface area contributed by atoms with E-state index in [0.29, 0.717) is 32.2 Å². The van der Waals surface area contributed by atoms with Crippen molar-refractivity contribution < 1.29 is 23.1 Å². The Hall–Kier alpha value is -1.93. The van der Waals surface area contributed by atoms with Crippen molar-refractivity contribution in [1.29, 1.82) is 0 Å². The number of rotatable bonds is 9. The van der Waals surface area contributed by atoms with E-state index in [4.69, 9.17) is 0 Å². The number of benzene rings is 1. The van der Waals surface area contributed by atoms with Crippen molar-refractivity contribution in [3.63, 3.8) is 0 Å². The van der Waals surface area contributed by atoms with Gasteiger partial charge >= 0.3 is 5.97 Å². The van der Waals surface area contributed by atoms with Crippen LogP contribution in [0.15, 0.2) is 30.3 Å². The normalized spacial score (nSPS) is 19.2. The van der Waals surface area contributed by atoms with E-state index in [9.17, 15) is 23.1 Å². The number of sulfonamides is 1. The Morgan fingerprint density at radius 1 is 1.31 bits per heavy atom. The lowest BCUT2D eigenvalue weighted by atomic mass is 9.99. The maximum Gasteiger partial charge on any atom is 0.308 e. The minimum absolute atomic E-state index is 0.0164. The Bertz CT molecular complexity index is 720. The van der Waals surface area contributed by atoms with Crippen LogP contribution < -0.4 is 5.32 Å². The smallest absolute Gasteiger partial charge is 0.308 e. The van der Waals surface area contributed by atoms with E-state index in [1.807, 2.05) is 30.3 Å². The van der Waals surface area contributed by atoms with Gasteiger partial charge in [0.15, 0.2) is 0 Å². The highest BCUT2D eigenvalue weighted by Gasteiger charge is 2.38. The molecular formula is C18H26N2O5S. The quantitative estimate of drug-likeness (QED) is 0.669. The van der Waals surface area contributed by atoms with Crippen LogP contribution in [0.1, 0.15) is 31.7 Å². The largest absolute Gasteiger partial charge is 0.481 e. The zero-order valence-corrected chi connectivity index (χ0v) is 15.7. The summed E-state index contributed by atoms with van der Waals surface area (Å²) in [6.07, 6.45) is 1.89. The van der Waals surface area contributed by atoms with Gasteiger partial charge in [-0.15, -0.1) is 0 Å². The molecule has 1 aromatic rings. The Morgan fingerprint density at radius 3 is 2.62 bits per heavy atom. The molecule has 0 spiro atoms. The molecule has 0 radical (unpaired) electrons. The number of hydrogen-bond donors (Lipinski definition) is 2. The van der Waals surface area contributed by atoms with E-state index in [0.717, 1.165) is 5.56 Å². The fraction of sp³-hybridized carbons (Fsp3) is 0.556. The highest BCUT2D eigenvalue weighted by Crippen LogP contribution is 2.22. The fourth-order valence-electron chi connectivity index (χ4n) is 3.20. The first-order valence-electron chi connectivity index (χ1n) is 8.89. The van der Waals surface area contributed by atoms with Crippen LogP contribution in [0.3, 0.4) is 0 Å². The molecule has 144 valence electrons. The van der Waals surface area contributed by atoms with E-state index in [-0.39, 0.29) is 12.3 Å². The first-order valence-corrected chi connectivity index (χ1v) is 10.5. The van der Waals surface area contributed by atoms with Crippen molar-refractivity contribution in [2.75, 3.05) is 18.8 Å². The number of aliphatic carboxylic acids is 1. The lowest BCUT2D eigenvalue weighted by Crippen LogP contribution is -2.48. The summed E-state index contributed by atoms with van der Waals surface area (Å²) in [5.41, 5.74) is 0.877. The third-order valence-electron chi connectivity index (χ3n) is 4.52. The number of carboxylic acids is 1. The van der Waals surface area contributed by atoms with Crippen molar-refractivity contribution in [3.05, 3.63) is 35.9 Å². The molecule has 1 aliphatic heterocycles. The molecular weight excluding hydrogens is 356 g/mol. The average molecular weight is 382 g/mol. The van der Waals surface area contributed by atoms with Crippen LogP contribution >= 0.6 is 0 Å². The number of nitrogens with one attached hydrogen (secondary N) is 1. The Morgan fingerprint density at radius 2 is 2.00 bits per heavy atom. The van der Waals surface area contributed by atoms with Crippen molar-refractivity contribution in [2.45, 2.75) is 38.6 Å². The van der Waals surface area contributed by atoms with Gasteiger partial charge in [0.2, 0.25) is 15.9 Å². The third kappa shape index (κ3) is 5.28. The number of carboxylic acid groups (broad SMARTS) is 1. The molecule has 8 heteroatoms. The minimum Gasteiger partial charge on any atom is -0.481 e. The molecule has 0 saturated carbocycles. The summed E-state index contributed by atoms with van der Waals surface area (Å²) in [5.74, 6) is -2.15. The van der Waals surface area contributed by atoms with Crippen LogP contribution in [0, 0.1) is 5.92 Å². The van der Waals surface area contributed by atoms with Gasteiger partial charge in [0.25, 0.3) is 0 Å². The van der Waals surface area contributed by atoms with Crippen LogP contribution in [-0.2, 0) is 26.0 Å². The molecule has 2 rings (SSSR count). The van der Waals surface area contributed by atoms with E-state index < -0.39 is 33.9 Å². The molecule has 2 unspecified atom stereocenters. The van der Waals surface area contributed by atoms with Gasteiger partial charge in [0, 0.05) is 13.1 Å². The topological polar surface area (TPSA) is 104 Å². The standard InChI is InChI=1S/C18H26N2O5S/c1-2-11-26(24,25)20-10-6-9-16(20)17(21)19-13-15(18(22)23)12-14-7-4-3-5-8-14/h3-5,7-8,15-16H,2,6,9-13H2,1H3,(H,19,21)(H,22,23). The molecule has 0 bridgehead atoms. The zero-order valence-electron chi connectivity index (χ0n) is 14.9. The summed E-state index contributed by atoms with van der Waals surface area (Å²) in [6, 6.07) is 8.47. The van der Waals surface area contributed by atoms with Crippen LogP contribution in [-0.4, -0.2) is 54.6 Å². The van der Waals surface area contributed by atoms with E-state index in [2.05, 4.69) is 5.32 Å². The summed E-state index contributed by atoms with van der Waals surface area (Å²) < 4.78 is 25.8. The molecule has 1 heterocycles. The highest BCUT2D eigenvalue weighted by atomic mass is 32.2. The monoisotopic (exact) mass is 382 g/mol. The molecule has 1 aliphatic rings. The number of carbonyl (C=O) groups excluding carboxylic acids is 1. The second-order valence-corrected chi connectivity index (χ2v) is 8.60. The molecule has 26 heavy (non-hydrogen) atoms. The summed E-state index contributed by atoms with van der Waals surface area (Å²) in [5, 5.41) is 12.1. The Balaban J connectivity index is 1.98. The van der Waals surface area contributed by atoms with Crippen LogP contribution in [0.4, 0.5) is 0 Å². The van der Waals surface area contributed by atoms with Crippen molar-refractivity contribution in [2.24, 2.45) is 5.92 Å². The Labute approximate surface area is 154 Å². The summed E-state index contributed by atoms with van der Waals surface area (Å²) in [6.45, 7) is 2.09. The number of amides is 1. The number of carbonyl (C=O) groups is 2. The fourth-order valence-corrected chi connectivity index (χ4v) is 4.94. The van der Waals surface area contributed by atoms with Gasteiger partial charge in [-0.2, -0.15) is 4.31 Å². The molecule has 1 aromatic carbocycles. The first kappa shape index (κ1) is 20.4. The van der Waals surface area contributed by atoms with Crippen LogP contribution in [0.5, 0.6) is 0 Å². The molecule has 2 atom stereocenters. The van der Waals surface area contributed by atoms with Gasteiger partial charge in [0.1, 0.15) is 6.04 Å². The van der Waals surface area contributed by atoms with Crippen molar-refractivity contribution >= 4 is 21.9 Å². The summed E-state index contributed by atoms with van der Waals surface area (Å²) in [4.78, 5) is 24.0. The molecule has 1 fully saturated rings. The maximum absolute atomic E-state index is 12.5. The molecule has 7 nitrogen and oxygen atoms in total. The second-order valence-electron chi connectivity index (χ2n) is 6.55. The molecule has 1 saturated heterocycles. The lowest BCUT2D eigenvalue weighted by Gasteiger charge is -2.24. The predicted octanol–water partition coefficient (Wildman–Crippen LogP) is 1.25. The number of hydrogen-bond acceptors (Lipinski definition) is 4. The van der Waals surface area contributed by atoms with Gasteiger partial charge < -0.3 is 10.4 Å². The third-order valence-corrected chi connectivity index (χ3v) is 6.60. The lowest BCUT2D eigenvalue weighted by molar-refractivity contribution is -0.141. The van der Waals surface area contributed by atoms with E-state index >= 15 is 0 Å². The van der Waals surface area contributed by atoms with Crippen molar-refractivity contribution in [3.8, 4) is 0 Å². The molecule has 0 aliphatic carbocycles. The van der Waals surface area contributed by atoms with Gasteiger partial charge in [-0.1, -0.05) is 37.3 Å². The Kier molecular flexibility index (Phi) is 7.16. The van der Waals surface area contributed by atoms with Gasteiger partial charge in [-0.3, -0.25) is 9.59 Å². The zero-order chi connectivity index (χ0) is 19.2. The molecule has 0 aromatic heterocycles. The summed E-state index contributed by atoms with van der Waals surface area (Å²) >= 11 is 0. The van der Waals surface area contributed by atoms with E-state index in [1.165, 1.54) is 4.31 Å². The van der Waals surface area contributed by atoms with Crippen molar-refractivity contribution in [1.82, 2.24) is 9.62 Å². The van der Waals surface area contributed by atoms with Crippen LogP contribution in [0.2, 0.25) is 0 Å².